The Balaban J connectivity index is 2.38. The number of carboxylic acid groups (broad SMARTS) is 1. The summed E-state index contributed by atoms with van der Waals surface area (Å²) in [5, 5.41) is 9.10. The Morgan fingerprint density at radius 1 is 1.32 bits per heavy atom. The van der Waals surface area contributed by atoms with Gasteiger partial charge in [-0.1, -0.05) is 28.8 Å². The van der Waals surface area contributed by atoms with Gasteiger partial charge in [-0.2, -0.15) is 0 Å². The molecule has 1 aromatic rings. The molecule has 0 aliphatic heterocycles. The van der Waals surface area contributed by atoms with Crippen molar-refractivity contribution < 1.29 is 18.3 Å². The Kier molecular flexibility index (Phi) is 4.30. The molecule has 0 spiro atoms. The number of carboxylic acids is 1. The van der Waals surface area contributed by atoms with E-state index in [4.69, 9.17) is 5.11 Å². The second-order valence-corrected chi connectivity index (χ2v) is 7.80. The van der Waals surface area contributed by atoms with Gasteiger partial charge in [-0.3, -0.25) is 0 Å². The molecular weight excluding hydrogens is 332 g/mol. The minimum absolute atomic E-state index is 0.0454. The largest absolute Gasteiger partial charge is 0.478 e. The first-order valence-corrected chi connectivity index (χ1v) is 8.60. The van der Waals surface area contributed by atoms with Crippen molar-refractivity contribution in [1.82, 2.24) is 0 Å². The maximum Gasteiger partial charge on any atom is 0.337 e. The summed E-state index contributed by atoms with van der Waals surface area (Å²) >= 11 is 3.19. The number of halogens is 1. The Morgan fingerprint density at radius 2 is 1.95 bits per heavy atom. The van der Waals surface area contributed by atoms with E-state index in [1.165, 1.54) is 18.2 Å². The lowest BCUT2D eigenvalue weighted by molar-refractivity contribution is 0.0692. The molecule has 19 heavy (non-hydrogen) atoms. The maximum absolute atomic E-state index is 12.4. The molecule has 1 aliphatic rings. The van der Waals surface area contributed by atoms with Crippen LogP contribution < -0.4 is 0 Å². The van der Waals surface area contributed by atoms with Gasteiger partial charge in [0.15, 0.2) is 9.84 Å². The second kappa shape index (κ2) is 5.63. The summed E-state index contributed by atoms with van der Waals surface area (Å²) < 4.78 is 25.3. The van der Waals surface area contributed by atoms with Crippen molar-refractivity contribution in [2.75, 3.05) is 5.75 Å². The predicted molar refractivity (Wildman–Crippen MR) is 75.1 cm³/mol. The Labute approximate surface area is 120 Å². The molecule has 1 aliphatic carbocycles. The number of rotatable bonds is 4. The smallest absolute Gasteiger partial charge is 0.337 e. The molecule has 1 saturated carbocycles. The summed E-state index contributed by atoms with van der Waals surface area (Å²) in [6.07, 6.45) is 3.94. The monoisotopic (exact) mass is 346 g/mol. The quantitative estimate of drug-likeness (QED) is 0.908. The second-order valence-electron chi connectivity index (χ2n) is 4.88. The third-order valence-corrected chi connectivity index (χ3v) is 5.85. The van der Waals surface area contributed by atoms with Gasteiger partial charge in [-0.15, -0.1) is 0 Å². The lowest BCUT2D eigenvalue weighted by Crippen LogP contribution is -2.17. The van der Waals surface area contributed by atoms with Gasteiger partial charge < -0.3 is 5.11 Å². The van der Waals surface area contributed by atoms with Crippen LogP contribution in [-0.2, 0) is 9.84 Å². The molecule has 0 heterocycles. The van der Waals surface area contributed by atoms with Crippen molar-refractivity contribution in [3.8, 4) is 0 Å². The number of benzene rings is 1. The fourth-order valence-corrected chi connectivity index (χ4v) is 4.95. The Morgan fingerprint density at radius 3 is 2.53 bits per heavy atom. The highest BCUT2D eigenvalue weighted by molar-refractivity contribution is 9.10. The van der Waals surface area contributed by atoms with E-state index < -0.39 is 15.8 Å². The molecule has 0 bridgehead atoms. The molecule has 0 unspecified atom stereocenters. The van der Waals surface area contributed by atoms with Crippen molar-refractivity contribution in [2.45, 2.75) is 30.6 Å². The van der Waals surface area contributed by atoms with E-state index in [1.807, 2.05) is 0 Å². The molecule has 0 aromatic heterocycles. The molecule has 0 saturated heterocycles. The summed E-state index contributed by atoms with van der Waals surface area (Å²) in [5.74, 6) is -1.01. The standard InChI is InChI=1S/C13H15BrO4S/c14-10-5-6-11(13(15)16)12(7-10)19(17,18)8-9-3-1-2-4-9/h5-7,9H,1-4,8H2,(H,15,16). The predicted octanol–water partition coefficient (Wildman–Crippen LogP) is 3.11. The van der Waals surface area contributed by atoms with Crippen LogP contribution in [0.4, 0.5) is 0 Å². The third-order valence-electron chi connectivity index (χ3n) is 3.44. The van der Waals surface area contributed by atoms with Crippen molar-refractivity contribution in [3.63, 3.8) is 0 Å². The van der Waals surface area contributed by atoms with Crippen molar-refractivity contribution in [2.24, 2.45) is 5.92 Å². The molecule has 0 atom stereocenters. The molecule has 1 N–H and O–H groups in total. The van der Waals surface area contributed by atoms with Crippen LogP contribution in [0.25, 0.3) is 0 Å². The minimum atomic E-state index is -3.55. The van der Waals surface area contributed by atoms with Crippen LogP contribution in [-0.4, -0.2) is 25.2 Å². The molecule has 1 aromatic carbocycles. The highest BCUT2D eigenvalue weighted by Gasteiger charge is 2.27. The molecule has 2 rings (SSSR count). The molecule has 6 heteroatoms. The maximum atomic E-state index is 12.4. The molecule has 104 valence electrons. The fourth-order valence-electron chi connectivity index (χ4n) is 2.51. The van der Waals surface area contributed by atoms with Crippen LogP contribution in [0.15, 0.2) is 27.6 Å². The van der Waals surface area contributed by atoms with Gasteiger partial charge in [0.25, 0.3) is 0 Å². The van der Waals surface area contributed by atoms with E-state index in [1.54, 1.807) is 0 Å². The fraction of sp³-hybridized carbons (Fsp3) is 0.462. The first-order chi connectivity index (χ1) is 8.90. The summed E-state index contributed by atoms with van der Waals surface area (Å²) in [5.41, 5.74) is -0.152. The Hall–Kier alpha value is -0.880. The van der Waals surface area contributed by atoms with Gasteiger partial charge in [0.2, 0.25) is 0 Å². The van der Waals surface area contributed by atoms with Gasteiger partial charge in [-0.05, 0) is 37.0 Å². The topological polar surface area (TPSA) is 71.4 Å². The number of carbonyl (C=O) groups is 1. The highest BCUT2D eigenvalue weighted by Crippen LogP contribution is 2.30. The summed E-state index contributed by atoms with van der Waals surface area (Å²) in [6, 6.07) is 4.25. The van der Waals surface area contributed by atoms with Crippen LogP contribution in [0, 0.1) is 5.92 Å². The molecule has 4 nitrogen and oxygen atoms in total. The number of hydrogen-bond acceptors (Lipinski definition) is 3. The van der Waals surface area contributed by atoms with E-state index in [2.05, 4.69) is 15.9 Å². The van der Waals surface area contributed by atoms with Gasteiger partial charge >= 0.3 is 5.97 Å². The normalized spacial score (nSPS) is 16.7. The van der Waals surface area contributed by atoms with E-state index in [9.17, 15) is 13.2 Å². The summed E-state index contributed by atoms with van der Waals surface area (Å²) in [4.78, 5) is 11.1. The highest BCUT2D eigenvalue weighted by atomic mass is 79.9. The third kappa shape index (κ3) is 3.36. The zero-order valence-corrected chi connectivity index (χ0v) is 12.7. The molecule has 0 amide bonds. The molecule has 1 fully saturated rings. The number of hydrogen-bond donors (Lipinski definition) is 1. The lowest BCUT2D eigenvalue weighted by Gasteiger charge is -2.12. The van der Waals surface area contributed by atoms with E-state index in [-0.39, 0.29) is 22.1 Å². The first kappa shape index (κ1) is 14.5. The van der Waals surface area contributed by atoms with Crippen LogP contribution in [0.2, 0.25) is 0 Å². The zero-order chi connectivity index (χ0) is 14.0. The van der Waals surface area contributed by atoms with Crippen LogP contribution in [0.5, 0.6) is 0 Å². The first-order valence-electron chi connectivity index (χ1n) is 6.16. The Bertz CT molecular complexity index is 589. The van der Waals surface area contributed by atoms with Crippen molar-refractivity contribution in [3.05, 3.63) is 28.2 Å². The van der Waals surface area contributed by atoms with Crippen LogP contribution in [0.1, 0.15) is 36.0 Å². The van der Waals surface area contributed by atoms with Crippen LogP contribution in [0.3, 0.4) is 0 Å². The number of aromatic carboxylic acids is 1. The van der Waals surface area contributed by atoms with Gasteiger partial charge in [-0.25, -0.2) is 13.2 Å². The van der Waals surface area contributed by atoms with Gasteiger partial charge in [0, 0.05) is 4.47 Å². The van der Waals surface area contributed by atoms with E-state index >= 15 is 0 Å². The van der Waals surface area contributed by atoms with Crippen LogP contribution >= 0.6 is 15.9 Å². The van der Waals surface area contributed by atoms with Crippen molar-refractivity contribution in [1.29, 1.82) is 0 Å². The van der Waals surface area contributed by atoms with Crippen molar-refractivity contribution >= 4 is 31.7 Å². The minimum Gasteiger partial charge on any atom is -0.478 e. The summed E-state index contributed by atoms with van der Waals surface area (Å²) in [6.45, 7) is 0. The SMILES string of the molecule is O=C(O)c1ccc(Br)cc1S(=O)(=O)CC1CCCC1. The lowest BCUT2D eigenvalue weighted by atomic mass is 10.1. The average molecular weight is 347 g/mol. The molecular formula is C13H15BrO4S. The summed E-state index contributed by atoms with van der Waals surface area (Å²) in [7, 11) is -3.55. The number of sulfone groups is 1. The van der Waals surface area contributed by atoms with E-state index in [0.29, 0.717) is 4.47 Å². The van der Waals surface area contributed by atoms with Gasteiger partial charge in [0.05, 0.1) is 16.2 Å². The average Bonchev–Trinajstić information content (AvgIpc) is 2.80. The van der Waals surface area contributed by atoms with E-state index in [0.717, 1.165) is 25.7 Å². The van der Waals surface area contributed by atoms with Gasteiger partial charge in [0.1, 0.15) is 0 Å². The molecule has 0 radical (unpaired) electrons. The zero-order valence-electron chi connectivity index (χ0n) is 10.3.